The van der Waals surface area contributed by atoms with Gasteiger partial charge in [0.25, 0.3) is 0 Å². The third-order valence-electron chi connectivity index (χ3n) is 2.89. The number of fused-ring (bicyclic) bond motifs is 1. The largest absolute Gasteiger partial charge is 0.508 e. The number of rotatable bonds is 3. The molecular formula is C14H12F3NO2. The maximum Gasteiger partial charge on any atom is 0.471 e. The van der Waals surface area contributed by atoms with Crippen LogP contribution < -0.4 is 5.32 Å². The summed E-state index contributed by atoms with van der Waals surface area (Å²) in [5.41, 5.74) is 0.765. The summed E-state index contributed by atoms with van der Waals surface area (Å²) in [6.07, 6.45) is -4.61. The fourth-order valence-electron chi connectivity index (χ4n) is 1.95. The zero-order chi connectivity index (χ0) is 14.8. The van der Waals surface area contributed by atoms with Crippen molar-refractivity contribution < 1.29 is 23.1 Å². The van der Waals surface area contributed by atoms with Crippen LogP contribution in [0, 0.1) is 0 Å². The van der Waals surface area contributed by atoms with Crippen LogP contribution in [0.5, 0.6) is 5.75 Å². The number of hydrogen-bond donors (Lipinski definition) is 2. The van der Waals surface area contributed by atoms with Crippen molar-refractivity contribution in [2.75, 3.05) is 6.54 Å². The normalized spacial score (nSPS) is 11.6. The van der Waals surface area contributed by atoms with E-state index in [1.807, 2.05) is 11.4 Å². The standard InChI is InChI=1S/C14H12F3NO2/c15-14(16,17)13(20)18-7-6-10-3-1-2-9-4-5-11(19)8-12(9)10/h1-5,8,19H,6-7H2,(H,18,20). The van der Waals surface area contributed by atoms with Gasteiger partial charge >= 0.3 is 12.1 Å². The molecule has 106 valence electrons. The quantitative estimate of drug-likeness (QED) is 0.910. The van der Waals surface area contributed by atoms with E-state index in [0.717, 1.165) is 16.3 Å². The van der Waals surface area contributed by atoms with Crippen molar-refractivity contribution in [2.45, 2.75) is 12.6 Å². The first-order valence-electron chi connectivity index (χ1n) is 5.93. The highest BCUT2D eigenvalue weighted by molar-refractivity contribution is 5.87. The summed E-state index contributed by atoms with van der Waals surface area (Å²) >= 11 is 0. The van der Waals surface area contributed by atoms with Crippen LogP contribution in [0.3, 0.4) is 0 Å². The van der Waals surface area contributed by atoms with Gasteiger partial charge < -0.3 is 10.4 Å². The maximum absolute atomic E-state index is 12.0. The smallest absolute Gasteiger partial charge is 0.471 e. The number of amides is 1. The molecule has 0 aliphatic rings. The van der Waals surface area contributed by atoms with Gasteiger partial charge in [-0.15, -0.1) is 0 Å². The maximum atomic E-state index is 12.0. The lowest BCUT2D eigenvalue weighted by Gasteiger charge is -2.09. The number of phenolic OH excluding ortho intramolecular Hbond substituents is 1. The molecule has 3 nitrogen and oxygen atoms in total. The highest BCUT2D eigenvalue weighted by atomic mass is 19.4. The summed E-state index contributed by atoms with van der Waals surface area (Å²) < 4.78 is 36.1. The van der Waals surface area contributed by atoms with Crippen LogP contribution in [0.2, 0.25) is 0 Å². The Morgan fingerprint density at radius 1 is 1.20 bits per heavy atom. The predicted octanol–water partition coefficient (Wildman–Crippen LogP) is 2.77. The Balaban J connectivity index is 2.11. The molecule has 0 saturated carbocycles. The van der Waals surface area contributed by atoms with Crippen LogP contribution in [0.25, 0.3) is 10.8 Å². The predicted molar refractivity (Wildman–Crippen MR) is 68.4 cm³/mol. The van der Waals surface area contributed by atoms with Crippen molar-refractivity contribution in [1.82, 2.24) is 5.32 Å². The number of carbonyl (C=O) groups excluding carboxylic acids is 1. The lowest BCUT2D eigenvalue weighted by Crippen LogP contribution is -2.37. The minimum atomic E-state index is -4.86. The molecule has 0 radical (unpaired) electrons. The molecule has 0 fully saturated rings. The van der Waals surface area contributed by atoms with Crippen molar-refractivity contribution in [1.29, 1.82) is 0 Å². The molecule has 2 aromatic carbocycles. The third kappa shape index (κ3) is 3.20. The van der Waals surface area contributed by atoms with E-state index in [-0.39, 0.29) is 18.7 Å². The number of halogens is 3. The molecule has 0 aromatic heterocycles. The summed E-state index contributed by atoms with van der Waals surface area (Å²) in [6, 6.07) is 10.2. The van der Waals surface area contributed by atoms with E-state index in [0.29, 0.717) is 0 Å². The van der Waals surface area contributed by atoms with Gasteiger partial charge in [0.2, 0.25) is 0 Å². The number of phenols is 1. The number of alkyl halides is 3. The summed E-state index contributed by atoms with van der Waals surface area (Å²) in [6.45, 7) is -0.118. The van der Waals surface area contributed by atoms with E-state index in [1.54, 1.807) is 24.3 Å². The van der Waals surface area contributed by atoms with Gasteiger partial charge in [-0.25, -0.2) is 0 Å². The van der Waals surface area contributed by atoms with Gasteiger partial charge in [0.1, 0.15) is 5.75 Å². The molecule has 0 heterocycles. The topological polar surface area (TPSA) is 49.3 Å². The molecule has 0 aliphatic carbocycles. The van der Waals surface area contributed by atoms with Crippen molar-refractivity contribution in [3.63, 3.8) is 0 Å². The second-order valence-corrected chi connectivity index (χ2v) is 4.33. The molecular weight excluding hydrogens is 271 g/mol. The number of carbonyl (C=O) groups is 1. The van der Waals surface area contributed by atoms with Crippen LogP contribution in [-0.4, -0.2) is 23.7 Å². The number of hydrogen-bond acceptors (Lipinski definition) is 2. The molecule has 2 aromatic rings. The van der Waals surface area contributed by atoms with E-state index in [4.69, 9.17) is 0 Å². The van der Waals surface area contributed by atoms with E-state index in [1.165, 1.54) is 6.07 Å². The minimum Gasteiger partial charge on any atom is -0.508 e. The molecule has 0 unspecified atom stereocenters. The third-order valence-corrected chi connectivity index (χ3v) is 2.89. The number of nitrogens with one attached hydrogen (secondary N) is 1. The summed E-state index contributed by atoms with van der Waals surface area (Å²) in [4.78, 5) is 10.7. The Kier molecular flexibility index (Phi) is 3.83. The zero-order valence-electron chi connectivity index (χ0n) is 10.4. The monoisotopic (exact) mass is 283 g/mol. The molecule has 0 bridgehead atoms. The van der Waals surface area contributed by atoms with Gasteiger partial charge in [-0.05, 0) is 34.9 Å². The Morgan fingerprint density at radius 3 is 2.65 bits per heavy atom. The number of aromatic hydroxyl groups is 1. The van der Waals surface area contributed by atoms with Crippen molar-refractivity contribution in [2.24, 2.45) is 0 Å². The van der Waals surface area contributed by atoms with Crippen LogP contribution in [0.4, 0.5) is 13.2 Å². The van der Waals surface area contributed by atoms with Crippen molar-refractivity contribution in [3.05, 3.63) is 42.0 Å². The van der Waals surface area contributed by atoms with E-state index in [9.17, 15) is 23.1 Å². The average molecular weight is 283 g/mol. The molecule has 0 atom stereocenters. The lowest BCUT2D eigenvalue weighted by molar-refractivity contribution is -0.173. The summed E-state index contributed by atoms with van der Waals surface area (Å²) in [5.74, 6) is -1.86. The van der Waals surface area contributed by atoms with Gasteiger partial charge in [0.15, 0.2) is 0 Å². The van der Waals surface area contributed by atoms with Crippen LogP contribution in [0.1, 0.15) is 5.56 Å². The van der Waals surface area contributed by atoms with E-state index >= 15 is 0 Å². The van der Waals surface area contributed by atoms with Gasteiger partial charge in [-0.2, -0.15) is 13.2 Å². The van der Waals surface area contributed by atoms with Gasteiger partial charge in [0.05, 0.1) is 0 Å². The van der Waals surface area contributed by atoms with Crippen LogP contribution in [0.15, 0.2) is 36.4 Å². The van der Waals surface area contributed by atoms with Crippen LogP contribution in [-0.2, 0) is 11.2 Å². The number of benzene rings is 2. The fraction of sp³-hybridized carbons (Fsp3) is 0.214. The summed E-state index contributed by atoms with van der Waals surface area (Å²) in [7, 11) is 0. The average Bonchev–Trinajstić information content (AvgIpc) is 2.38. The summed E-state index contributed by atoms with van der Waals surface area (Å²) in [5, 5.41) is 12.9. The second kappa shape index (κ2) is 5.40. The molecule has 6 heteroatoms. The first kappa shape index (κ1) is 14.2. The molecule has 0 spiro atoms. The zero-order valence-corrected chi connectivity index (χ0v) is 10.4. The first-order chi connectivity index (χ1) is 9.38. The SMILES string of the molecule is O=C(NCCc1cccc2ccc(O)cc12)C(F)(F)F. The van der Waals surface area contributed by atoms with Gasteiger partial charge in [0, 0.05) is 6.54 Å². The Bertz CT molecular complexity index is 638. The van der Waals surface area contributed by atoms with Gasteiger partial charge in [-0.3, -0.25) is 4.79 Å². The Morgan fingerprint density at radius 2 is 1.95 bits per heavy atom. The van der Waals surface area contributed by atoms with Gasteiger partial charge in [-0.1, -0.05) is 24.3 Å². The molecule has 2 rings (SSSR count). The van der Waals surface area contributed by atoms with Crippen molar-refractivity contribution >= 4 is 16.7 Å². The van der Waals surface area contributed by atoms with E-state index in [2.05, 4.69) is 0 Å². The van der Waals surface area contributed by atoms with Crippen molar-refractivity contribution in [3.8, 4) is 5.75 Å². The molecule has 0 saturated heterocycles. The Labute approximate surface area is 113 Å². The highest BCUT2D eigenvalue weighted by Gasteiger charge is 2.38. The molecule has 20 heavy (non-hydrogen) atoms. The fourth-order valence-corrected chi connectivity index (χ4v) is 1.95. The molecule has 1 amide bonds. The van der Waals surface area contributed by atoms with Crippen LogP contribution >= 0.6 is 0 Å². The highest BCUT2D eigenvalue weighted by Crippen LogP contribution is 2.23. The molecule has 0 aliphatic heterocycles. The second-order valence-electron chi connectivity index (χ2n) is 4.33. The Hall–Kier alpha value is -2.24. The molecule has 2 N–H and O–H groups in total. The van der Waals surface area contributed by atoms with E-state index < -0.39 is 12.1 Å². The minimum absolute atomic E-state index is 0.0873. The first-order valence-corrected chi connectivity index (χ1v) is 5.93. The lowest BCUT2D eigenvalue weighted by atomic mass is 10.0.